The summed E-state index contributed by atoms with van der Waals surface area (Å²) in [5, 5.41) is 8.49. The molecule has 20 heavy (non-hydrogen) atoms. The molecule has 0 heterocycles. The molecular weight excluding hydrogens is 471 g/mol. The van der Waals surface area contributed by atoms with Gasteiger partial charge >= 0.3 is 0 Å². The summed E-state index contributed by atoms with van der Waals surface area (Å²) in [6, 6.07) is 13.5. The van der Waals surface area contributed by atoms with E-state index in [4.69, 9.17) is 11.6 Å². The summed E-state index contributed by atoms with van der Waals surface area (Å²) >= 11 is 16.3. The van der Waals surface area contributed by atoms with Crippen LogP contribution < -0.4 is 0 Å². The van der Waals surface area contributed by atoms with Crippen LogP contribution in [-0.4, -0.2) is 0 Å². The Morgan fingerprint density at radius 2 is 1.60 bits per heavy atom. The Labute approximate surface area is 147 Å². The molecule has 0 N–H and O–H groups in total. The molecule has 0 saturated heterocycles. The number of hydrogen-bond donors (Lipinski definition) is 0. The Hall–Kier alpha value is -0.490. The van der Waals surface area contributed by atoms with Crippen molar-refractivity contribution in [3.8, 4) is 0 Å². The van der Waals surface area contributed by atoms with E-state index in [1.165, 1.54) is 0 Å². The molecule has 6 heteroatoms. The Kier molecular flexibility index (Phi) is 5.96. The maximum atomic E-state index is 6.06. The smallest absolute Gasteiger partial charge is 0.147 e. The molecule has 0 atom stereocenters. The van der Waals surface area contributed by atoms with Gasteiger partial charge in [0, 0.05) is 13.4 Å². The normalized spacial score (nSPS) is 12.1. The third-order valence-corrected chi connectivity index (χ3v) is 4.16. The van der Waals surface area contributed by atoms with Crippen molar-refractivity contribution in [2.45, 2.75) is 0 Å². The van der Waals surface area contributed by atoms with E-state index >= 15 is 0 Å². The minimum atomic E-state index is 0.318. The summed E-state index contributed by atoms with van der Waals surface area (Å²) in [6.45, 7) is 0. The van der Waals surface area contributed by atoms with E-state index in [2.05, 4.69) is 58.0 Å². The molecule has 0 radical (unpaired) electrons. The molecule has 102 valence electrons. The molecular formula is C14H8Br3ClN2. The van der Waals surface area contributed by atoms with Crippen molar-refractivity contribution in [3.63, 3.8) is 0 Å². The van der Waals surface area contributed by atoms with Crippen LogP contribution in [0.4, 0.5) is 5.69 Å². The zero-order chi connectivity index (χ0) is 14.5. The molecule has 0 aliphatic rings. The van der Waals surface area contributed by atoms with E-state index in [0.717, 1.165) is 19.0 Å². The highest BCUT2D eigenvalue weighted by atomic mass is 79.9. The fourth-order valence-electron chi connectivity index (χ4n) is 1.44. The second kappa shape index (κ2) is 7.50. The summed E-state index contributed by atoms with van der Waals surface area (Å²) < 4.78 is 2.60. The lowest BCUT2D eigenvalue weighted by atomic mass is 10.2. The largest absolute Gasteiger partial charge is 0.152 e. The molecule has 0 amide bonds. The van der Waals surface area contributed by atoms with E-state index < -0.39 is 0 Å². The van der Waals surface area contributed by atoms with E-state index in [-0.39, 0.29) is 0 Å². The van der Waals surface area contributed by atoms with Gasteiger partial charge in [-0.25, -0.2) is 0 Å². The van der Waals surface area contributed by atoms with Crippen LogP contribution in [0.15, 0.2) is 71.3 Å². The van der Waals surface area contributed by atoms with Crippen LogP contribution in [0.5, 0.6) is 0 Å². The molecule has 2 rings (SSSR count). The van der Waals surface area contributed by atoms with Crippen LogP contribution in [0.25, 0.3) is 6.08 Å². The fraction of sp³-hybridized carbons (Fsp3) is 0. The summed E-state index contributed by atoms with van der Waals surface area (Å²) in [5.41, 5.74) is 1.66. The lowest BCUT2D eigenvalue weighted by Gasteiger charge is -2.01. The van der Waals surface area contributed by atoms with Gasteiger partial charge in [-0.15, -0.1) is 10.2 Å². The molecule has 2 aromatic rings. The first-order chi connectivity index (χ1) is 9.56. The Bertz CT molecular complexity index is 646. The predicted octanol–water partition coefficient (Wildman–Crippen LogP) is 7.30. The second-order valence-corrected chi connectivity index (χ2v) is 6.81. The third-order valence-electron chi connectivity index (χ3n) is 2.31. The lowest BCUT2D eigenvalue weighted by Crippen LogP contribution is -1.74. The summed E-state index contributed by atoms with van der Waals surface area (Å²) in [6.07, 6.45) is 1.76. The topological polar surface area (TPSA) is 24.7 Å². The first-order valence-corrected chi connectivity index (χ1v) is 8.30. The van der Waals surface area contributed by atoms with Crippen LogP contribution in [0.1, 0.15) is 5.56 Å². The van der Waals surface area contributed by atoms with Crippen molar-refractivity contribution >= 4 is 71.2 Å². The highest BCUT2D eigenvalue weighted by molar-refractivity contribution is 9.11. The number of nitrogens with zero attached hydrogens (tertiary/aromatic N) is 2. The average molecular weight is 479 g/mol. The minimum Gasteiger partial charge on any atom is -0.147 e. The SMILES string of the molecule is Cl/C(=C\c1ccccc1)N=Nc1c(Br)cc(Br)cc1Br. The Morgan fingerprint density at radius 1 is 1.00 bits per heavy atom. The first-order valence-electron chi connectivity index (χ1n) is 5.55. The van der Waals surface area contributed by atoms with Crippen LogP contribution in [0.3, 0.4) is 0 Å². The van der Waals surface area contributed by atoms with E-state index in [9.17, 15) is 0 Å². The standard InChI is InChI=1S/C14H8Br3ClN2/c15-10-7-11(16)14(12(17)8-10)20-19-13(18)6-9-4-2-1-3-5-9/h1-8H/b13-6+,20-19?. The second-order valence-electron chi connectivity index (χ2n) is 3.80. The van der Waals surface area contributed by atoms with Crippen LogP contribution in [0, 0.1) is 0 Å². The van der Waals surface area contributed by atoms with Gasteiger partial charge in [0.1, 0.15) is 5.69 Å². The number of azo groups is 1. The highest BCUT2D eigenvalue weighted by Gasteiger charge is 2.06. The number of benzene rings is 2. The molecule has 0 spiro atoms. The quantitative estimate of drug-likeness (QED) is 0.326. The molecule has 2 nitrogen and oxygen atoms in total. The first kappa shape index (κ1) is 15.9. The van der Waals surface area contributed by atoms with E-state index in [1.54, 1.807) is 6.08 Å². The van der Waals surface area contributed by atoms with Gasteiger partial charge in [0.15, 0.2) is 5.16 Å². The Balaban J connectivity index is 2.24. The molecule has 0 fully saturated rings. The number of rotatable bonds is 3. The lowest BCUT2D eigenvalue weighted by molar-refractivity contribution is 1.20. The predicted molar refractivity (Wildman–Crippen MR) is 94.3 cm³/mol. The highest BCUT2D eigenvalue weighted by Crippen LogP contribution is 2.37. The summed E-state index contributed by atoms with van der Waals surface area (Å²) in [5.74, 6) is 0. The van der Waals surface area contributed by atoms with Crippen molar-refractivity contribution < 1.29 is 0 Å². The van der Waals surface area contributed by atoms with Gasteiger partial charge in [0.05, 0.1) is 0 Å². The Morgan fingerprint density at radius 3 is 2.20 bits per heavy atom. The molecule has 0 saturated carbocycles. The molecule has 0 aliphatic heterocycles. The summed E-state index contributed by atoms with van der Waals surface area (Å²) in [7, 11) is 0. The van der Waals surface area contributed by atoms with E-state index in [0.29, 0.717) is 10.8 Å². The molecule has 0 aliphatic carbocycles. The molecule has 0 bridgehead atoms. The maximum Gasteiger partial charge on any atom is 0.152 e. The van der Waals surface area contributed by atoms with Crippen molar-refractivity contribution in [2.24, 2.45) is 10.2 Å². The van der Waals surface area contributed by atoms with Gasteiger partial charge in [-0.1, -0.05) is 57.9 Å². The molecule has 0 unspecified atom stereocenters. The van der Waals surface area contributed by atoms with Gasteiger partial charge in [-0.2, -0.15) is 0 Å². The fourth-order valence-corrected chi connectivity index (χ4v) is 4.02. The monoisotopic (exact) mass is 476 g/mol. The van der Waals surface area contributed by atoms with Gasteiger partial charge in [-0.05, 0) is 55.6 Å². The van der Waals surface area contributed by atoms with Gasteiger partial charge in [-0.3, -0.25) is 0 Å². The van der Waals surface area contributed by atoms with Gasteiger partial charge < -0.3 is 0 Å². The van der Waals surface area contributed by atoms with Gasteiger partial charge in [0.25, 0.3) is 0 Å². The van der Waals surface area contributed by atoms with Crippen LogP contribution in [-0.2, 0) is 0 Å². The molecule has 0 aromatic heterocycles. The summed E-state index contributed by atoms with van der Waals surface area (Å²) in [4.78, 5) is 0. The van der Waals surface area contributed by atoms with E-state index in [1.807, 2.05) is 42.5 Å². The van der Waals surface area contributed by atoms with Crippen LogP contribution in [0.2, 0.25) is 0 Å². The average Bonchev–Trinajstić information content (AvgIpc) is 2.38. The zero-order valence-electron chi connectivity index (χ0n) is 10.0. The minimum absolute atomic E-state index is 0.318. The van der Waals surface area contributed by atoms with Crippen molar-refractivity contribution in [2.75, 3.05) is 0 Å². The van der Waals surface area contributed by atoms with Crippen molar-refractivity contribution in [1.82, 2.24) is 0 Å². The number of halogens is 4. The van der Waals surface area contributed by atoms with Crippen LogP contribution >= 0.6 is 59.4 Å². The molecule has 2 aromatic carbocycles. The maximum absolute atomic E-state index is 6.06. The van der Waals surface area contributed by atoms with Gasteiger partial charge in [0.2, 0.25) is 0 Å². The van der Waals surface area contributed by atoms with Crippen molar-refractivity contribution in [1.29, 1.82) is 0 Å². The zero-order valence-corrected chi connectivity index (χ0v) is 15.5. The number of hydrogen-bond acceptors (Lipinski definition) is 2. The third kappa shape index (κ3) is 4.52. The van der Waals surface area contributed by atoms with Crippen molar-refractivity contribution in [3.05, 3.63) is 66.6 Å².